The number of furan rings is 1. The van der Waals surface area contributed by atoms with Crippen molar-refractivity contribution in [1.82, 2.24) is 10.2 Å². The number of alkyl halides is 3. The summed E-state index contributed by atoms with van der Waals surface area (Å²) in [5, 5.41) is 10.8. The van der Waals surface area contributed by atoms with Gasteiger partial charge in [0.2, 0.25) is 0 Å². The number of rotatable bonds is 5. The average molecular weight is 336 g/mol. The van der Waals surface area contributed by atoms with E-state index in [2.05, 4.69) is 5.32 Å². The van der Waals surface area contributed by atoms with E-state index in [0.29, 0.717) is 0 Å². The van der Waals surface area contributed by atoms with E-state index in [4.69, 9.17) is 14.3 Å². The highest BCUT2D eigenvalue weighted by Crippen LogP contribution is 2.25. The van der Waals surface area contributed by atoms with E-state index in [1.807, 2.05) is 0 Å². The molecule has 1 atom stereocenters. The van der Waals surface area contributed by atoms with E-state index in [1.54, 1.807) is 0 Å². The summed E-state index contributed by atoms with van der Waals surface area (Å²) in [6.07, 6.45) is -3.67. The Labute approximate surface area is 129 Å². The number of halogens is 3. The molecule has 0 aliphatic carbocycles. The molecule has 1 aliphatic heterocycles. The van der Waals surface area contributed by atoms with Gasteiger partial charge in [0.15, 0.2) is 5.76 Å². The summed E-state index contributed by atoms with van der Waals surface area (Å²) in [5.74, 6) is -2.56. The third kappa shape index (κ3) is 4.45. The van der Waals surface area contributed by atoms with Crippen LogP contribution in [0.5, 0.6) is 0 Å². The highest BCUT2D eigenvalue weighted by atomic mass is 19.4. The highest BCUT2D eigenvalue weighted by molar-refractivity contribution is 5.95. The third-order valence-electron chi connectivity index (χ3n) is 3.39. The minimum atomic E-state index is -4.51. The molecule has 0 radical (unpaired) electrons. The SMILES string of the molecule is O=C(O)c1coc(C(=O)NCC(N2CCOCC2)C(F)(F)F)c1. The molecule has 2 N–H and O–H groups in total. The number of morpholine rings is 1. The van der Waals surface area contributed by atoms with Gasteiger partial charge in [0.25, 0.3) is 5.91 Å². The van der Waals surface area contributed by atoms with Crippen LogP contribution in [0, 0.1) is 0 Å². The van der Waals surface area contributed by atoms with Crippen molar-refractivity contribution in [2.24, 2.45) is 0 Å². The standard InChI is InChI=1S/C13H15F3N2O5/c14-13(15,16)10(18-1-3-22-4-2-18)6-17-11(19)9-5-8(7-23-9)12(20)21/h5,7,10H,1-4,6H2,(H,17,19)(H,20,21). The first kappa shape index (κ1) is 17.3. The molecule has 2 heterocycles. The fraction of sp³-hybridized carbons (Fsp3) is 0.538. The van der Waals surface area contributed by atoms with Crippen molar-refractivity contribution in [2.45, 2.75) is 12.2 Å². The minimum absolute atomic E-state index is 0.115. The lowest BCUT2D eigenvalue weighted by Gasteiger charge is -2.35. The van der Waals surface area contributed by atoms with Crippen LogP contribution in [-0.4, -0.2) is 66.9 Å². The van der Waals surface area contributed by atoms with Gasteiger partial charge in [-0.15, -0.1) is 0 Å². The summed E-state index contributed by atoms with van der Waals surface area (Å²) in [4.78, 5) is 23.7. The first-order valence-corrected chi connectivity index (χ1v) is 6.77. The molecule has 1 unspecified atom stereocenters. The molecule has 1 saturated heterocycles. The van der Waals surface area contributed by atoms with Crippen LogP contribution < -0.4 is 5.32 Å². The van der Waals surface area contributed by atoms with Crippen molar-refractivity contribution >= 4 is 11.9 Å². The minimum Gasteiger partial charge on any atom is -0.478 e. The topological polar surface area (TPSA) is 92.0 Å². The van der Waals surface area contributed by atoms with Crippen LogP contribution in [0.25, 0.3) is 0 Å². The van der Waals surface area contributed by atoms with E-state index in [-0.39, 0.29) is 37.6 Å². The Morgan fingerprint density at radius 3 is 2.52 bits per heavy atom. The van der Waals surface area contributed by atoms with Gasteiger partial charge in [0, 0.05) is 25.7 Å². The van der Waals surface area contributed by atoms with Gasteiger partial charge in [-0.05, 0) is 0 Å². The Morgan fingerprint density at radius 1 is 1.35 bits per heavy atom. The highest BCUT2D eigenvalue weighted by Gasteiger charge is 2.44. The molecular formula is C13H15F3N2O5. The zero-order valence-electron chi connectivity index (χ0n) is 11.9. The zero-order chi connectivity index (χ0) is 17.0. The number of nitrogens with zero attached hydrogens (tertiary/aromatic N) is 1. The number of hydrogen-bond donors (Lipinski definition) is 2. The second kappa shape index (κ2) is 7.01. The molecule has 1 fully saturated rings. The van der Waals surface area contributed by atoms with Gasteiger partial charge in [-0.25, -0.2) is 4.79 Å². The number of carboxylic acids is 1. The first-order valence-electron chi connectivity index (χ1n) is 6.77. The summed E-state index contributed by atoms with van der Waals surface area (Å²) in [6.45, 7) is -0.0409. The quantitative estimate of drug-likeness (QED) is 0.832. The maximum absolute atomic E-state index is 13.1. The van der Waals surface area contributed by atoms with Gasteiger partial charge in [-0.1, -0.05) is 0 Å². The normalized spacial score (nSPS) is 17.7. The monoisotopic (exact) mass is 336 g/mol. The van der Waals surface area contributed by atoms with Crippen molar-refractivity contribution < 1.29 is 37.0 Å². The number of carbonyl (C=O) groups is 2. The first-order chi connectivity index (χ1) is 10.8. The molecule has 1 aliphatic rings. The van der Waals surface area contributed by atoms with Crippen molar-refractivity contribution in [3.05, 3.63) is 23.7 Å². The molecule has 10 heteroatoms. The van der Waals surface area contributed by atoms with Crippen LogP contribution in [0.2, 0.25) is 0 Å². The number of amides is 1. The van der Waals surface area contributed by atoms with Crippen molar-refractivity contribution in [3.8, 4) is 0 Å². The van der Waals surface area contributed by atoms with E-state index < -0.39 is 30.6 Å². The Bertz CT molecular complexity index is 566. The Hall–Kier alpha value is -2.07. The number of hydrogen-bond acceptors (Lipinski definition) is 5. The maximum atomic E-state index is 13.1. The number of carboxylic acid groups (broad SMARTS) is 1. The van der Waals surface area contributed by atoms with Crippen LogP contribution in [0.4, 0.5) is 13.2 Å². The summed E-state index contributed by atoms with van der Waals surface area (Å²) in [6, 6.07) is -0.890. The molecule has 7 nitrogen and oxygen atoms in total. The molecule has 23 heavy (non-hydrogen) atoms. The number of nitrogens with one attached hydrogen (secondary N) is 1. The second-order valence-electron chi connectivity index (χ2n) is 4.92. The van der Waals surface area contributed by atoms with E-state index in [1.165, 1.54) is 4.90 Å². The van der Waals surface area contributed by atoms with E-state index in [9.17, 15) is 22.8 Å². The van der Waals surface area contributed by atoms with Crippen molar-refractivity contribution in [1.29, 1.82) is 0 Å². The van der Waals surface area contributed by atoms with Gasteiger partial charge in [0.05, 0.1) is 18.8 Å². The lowest BCUT2D eigenvalue weighted by molar-refractivity contribution is -0.189. The maximum Gasteiger partial charge on any atom is 0.405 e. The Morgan fingerprint density at radius 2 is 2.00 bits per heavy atom. The van der Waals surface area contributed by atoms with Gasteiger partial charge >= 0.3 is 12.1 Å². The fourth-order valence-corrected chi connectivity index (χ4v) is 2.18. The van der Waals surface area contributed by atoms with Crippen LogP contribution in [-0.2, 0) is 4.74 Å². The fourth-order valence-electron chi connectivity index (χ4n) is 2.18. The number of aromatic carboxylic acids is 1. The molecule has 1 aromatic rings. The predicted octanol–water partition coefficient (Wildman–Crippen LogP) is 0.971. The lowest BCUT2D eigenvalue weighted by atomic mass is 10.2. The van der Waals surface area contributed by atoms with Crippen molar-refractivity contribution in [2.75, 3.05) is 32.8 Å². The molecule has 1 aromatic heterocycles. The lowest BCUT2D eigenvalue weighted by Crippen LogP contribution is -2.55. The zero-order valence-corrected chi connectivity index (χ0v) is 11.9. The smallest absolute Gasteiger partial charge is 0.405 e. The van der Waals surface area contributed by atoms with Gasteiger partial charge < -0.3 is 19.6 Å². The summed E-state index contributed by atoms with van der Waals surface area (Å²) in [7, 11) is 0. The van der Waals surface area contributed by atoms with Gasteiger partial charge in [-0.2, -0.15) is 13.2 Å². The Kier molecular flexibility index (Phi) is 5.26. The molecule has 0 aromatic carbocycles. The molecule has 128 valence electrons. The molecule has 2 rings (SSSR count). The second-order valence-corrected chi connectivity index (χ2v) is 4.92. The third-order valence-corrected chi connectivity index (χ3v) is 3.39. The van der Waals surface area contributed by atoms with Crippen LogP contribution in [0.3, 0.4) is 0 Å². The van der Waals surface area contributed by atoms with Gasteiger partial charge in [0.1, 0.15) is 12.3 Å². The molecule has 0 bridgehead atoms. The van der Waals surface area contributed by atoms with Gasteiger partial charge in [-0.3, -0.25) is 9.69 Å². The molecule has 1 amide bonds. The largest absolute Gasteiger partial charge is 0.478 e. The van der Waals surface area contributed by atoms with E-state index >= 15 is 0 Å². The van der Waals surface area contributed by atoms with Crippen LogP contribution in [0.15, 0.2) is 16.7 Å². The number of carbonyl (C=O) groups excluding carboxylic acids is 1. The predicted molar refractivity (Wildman–Crippen MR) is 70.2 cm³/mol. The summed E-state index contributed by atoms with van der Waals surface area (Å²) >= 11 is 0. The summed E-state index contributed by atoms with van der Waals surface area (Å²) < 4.78 is 49.2. The Balaban J connectivity index is 1.99. The van der Waals surface area contributed by atoms with Crippen molar-refractivity contribution in [3.63, 3.8) is 0 Å². The summed E-state index contributed by atoms with van der Waals surface area (Å²) in [5.41, 5.74) is -0.254. The molecular weight excluding hydrogens is 321 g/mol. The van der Waals surface area contributed by atoms with Crippen LogP contribution >= 0.6 is 0 Å². The number of ether oxygens (including phenoxy) is 1. The molecule has 0 saturated carbocycles. The molecule has 0 spiro atoms. The van der Waals surface area contributed by atoms with E-state index in [0.717, 1.165) is 12.3 Å². The van der Waals surface area contributed by atoms with Crippen LogP contribution in [0.1, 0.15) is 20.9 Å². The average Bonchev–Trinajstić information content (AvgIpc) is 2.97.